The van der Waals surface area contributed by atoms with Gasteiger partial charge in [0.05, 0.1) is 0 Å². The van der Waals surface area contributed by atoms with Gasteiger partial charge in [-0.3, -0.25) is 4.79 Å². The summed E-state index contributed by atoms with van der Waals surface area (Å²) < 4.78 is 0. The Labute approximate surface area is 126 Å². The van der Waals surface area contributed by atoms with Crippen LogP contribution in [0.4, 0.5) is 4.79 Å². The van der Waals surface area contributed by atoms with E-state index in [-0.39, 0.29) is 12.5 Å². The van der Waals surface area contributed by atoms with E-state index in [0.29, 0.717) is 24.8 Å². The number of rotatable bonds is 8. The number of nitrogens with one attached hydrogen (secondary N) is 2. The standard InChI is InChI=1S/C16H28N2O3/c1-11(2-5-15(19)20)6-7-17-16(21)18-10-14-9-12-3-4-13(14)8-12/h11-14H,2-10H2,1H3,(H,19,20)(H2,17,18,21). The molecule has 2 bridgehead atoms. The fourth-order valence-corrected chi connectivity index (χ4v) is 3.86. The third kappa shape index (κ3) is 5.21. The van der Waals surface area contributed by atoms with Crippen LogP contribution in [0.5, 0.6) is 0 Å². The molecule has 0 aromatic carbocycles. The van der Waals surface area contributed by atoms with Crippen LogP contribution in [0.3, 0.4) is 0 Å². The van der Waals surface area contributed by atoms with Gasteiger partial charge in [0, 0.05) is 19.5 Å². The fourth-order valence-electron chi connectivity index (χ4n) is 3.86. The van der Waals surface area contributed by atoms with Gasteiger partial charge in [0.1, 0.15) is 0 Å². The van der Waals surface area contributed by atoms with E-state index < -0.39 is 5.97 Å². The van der Waals surface area contributed by atoms with E-state index in [1.165, 1.54) is 25.7 Å². The largest absolute Gasteiger partial charge is 0.481 e. The highest BCUT2D eigenvalue weighted by atomic mass is 16.4. The highest BCUT2D eigenvalue weighted by Crippen LogP contribution is 2.47. The van der Waals surface area contributed by atoms with Gasteiger partial charge in [-0.25, -0.2) is 4.79 Å². The van der Waals surface area contributed by atoms with Gasteiger partial charge >= 0.3 is 12.0 Å². The minimum atomic E-state index is -0.751. The molecule has 0 spiro atoms. The van der Waals surface area contributed by atoms with Crippen molar-refractivity contribution in [3.63, 3.8) is 0 Å². The van der Waals surface area contributed by atoms with E-state index in [9.17, 15) is 9.59 Å². The first-order valence-electron chi connectivity index (χ1n) is 8.28. The maximum Gasteiger partial charge on any atom is 0.314 e. The van der Waals surface area contributed by atoms with Crippen molar-refractivity contribution in [2.75, 3.05) is 13.1 Å². The van der Waals surface area contributed by atoms with Crippen LogP contribution >= 0.6 is 0 Å². The molecule has 120 valence electrons. The Morgan fingerprint density at radius 2 is 2.00 bits per heavy atom. The molecule has 4 atom stereocenters. The third-order valence-electron chi connectivity index (χ3n) is 5.18. The second-order valence-electron chi connectivity index (χ2n) is 6.90. The summed E-state index contributed by atoms with van der Waals surface area (Å²) in [5.74, 6) is 2.01. The van der Waals surface area contributed by atoms with Gasteiger partial charge in [-0.2, -0.15) is 0 Å². The molecule has 0 heterocycles. The molecule has 0 aliphatic heterocycles. The summed E-state index contributed by atoms with van der Waals surface area (Å²) in [6.07, 6.45) is 7.10. The van der Waals surface area contributed by atoms with Crippen molar-refractivity contribution in [3.8, 4) is 0 Å². The molecule has 2 aliphatic rings. The van der Waals surface area contributed by atoms with E-state index in [0.717, 1.165) is 24.8 Å². The maximum atomic E-state index is 11.7. The number of carboxylic acids is 1. The molecular weight excluding hydrogens is 268 g/mol. The molecule has 21 heavy (non-hydrogen) atoms. The van der Waals surface area contributed by atoms with Gasteiger partial charge in [-0.05, 0) is 55.8 Å². The lowest BCUT2D eigenvalue weighted by Crippen LogP contribution is -2.39. The Balaban J connectivity index is 1.50. The molecule has 5 heteroatoms. The topological polar surface area (TPSA) is 78.4 Å². The van der Waals surface area contributed by atoms with Crippen LogP contribution in [0.15, 0.2) is 0 Å². The number of hydrogen-bond acceptors (Lipinski definition) is 2. The average Bonchev–Trinajstić information content (AvgIpc) is 3.05. The molecule has 4 unspecified atom stereocenters. The molecule has 0 aromatic heterocycles. The predicted octanol–water partition coefficient (Wildman–Crippen LogP) is 2.61. The summed E-state index contributed by atoms with van der Waals surface area (Å²) in [6.45, 7) is 3.45. The van der Waals surface area contributed by atoms with Crippen molar-refractivity contribution in [3.05, 3.63) is 0 Å². The van der Waals surface area contributed by atoms with Crippen LogP contribution in [0, 0.1) is 23.7 Å². The highest BCUT2D eigenvalue weighted by Gasteiger charge is 2.39. The van der Waals surface area contributed by atoms with Crippen molar-refractivity contribution < 1.29 is 14.7 Å². The number of hydrogen-bond donors (Lipinski definition) is 3. The van der Waals surface area contributed by atoms with Gasteiger partial charge < -0.3 is 15.7 Å². The molecule has 3 N–H and O–H groups in total. The van der Waals surface area contributed by atoms with Crippen LogP contribution in [0.2, 0.25) is 0 Å². The van der Waals surface area contributed by atoms with Crippen LogP contribution < -0.4 is 10.6 Å². The summed E-state index contributed by atoms with van der Waals surface area (Å²) in [4.78, 5) is 22.2. The van der Waals surface area contributed by atoms with E-state index >= 15 is 0 Å². The Morgan fingerprint density at radius 1 is 1.19 bits per heavy atom. The van der Waals surface area contributed by atoms with Gasteiger partial charge in [-0.1, -0.05) is 13.3 Å². The molecule has 0 radical (unpaired) electrons. The number of carbonyl (C=O) groups excluding carboxylic acids is 1. The quantitative estimate of drug-likeness (QED) is 0.644. The Kier molecular flexibility index (Phi) is 5.88. The average molecular weight is 296 g/mol. The molecular formula is C16H28N2O3. The zero-order valence-corrected chi connectivity index (χ0v) is 12.9. The lowest BCUT2D eigenvalue weighted by atomic mass is 9.89. The van der Waals surface area contributed by atoms with Crippen molar-refractivity contribution in [1.82, 2.24) is 10.6 Å². The summed E-state index contributed by atoms with van der Waals surface area (Å²) in [6, 6.07) is -0.0804. The van der Waals surface area contributed by atoms with Gasteiger partial charge in [0.2, 0.25) is 0 Å². The van der Waals surface area contributed by atoms with Gasteiger partial charge in [0.15, 0.2) is 0 Å². The molecule has 2 aliphatic carbocycles. The number of carboxylic acid groups (broad SMARTS) is 1. The lowest BCUT2D eigenvalue weighted by Gasteiger charge is -2.22. The number of carbonyl (C=O) groups is 2. The summed E-state index contributed by atoms with van der Waals surface area (Å²) in [5, 5.41) is 14.5. The molecule has 2 fully saturated rings. The van der Waals surface area contributed by atoms with Gasteiger partial charge in [0.25, 0.3) is 0 Å². The molecule has 2 rings (SSSR count). The Morgan fingerprint density at radius 3 is 2.62 bits per heavy atom. The van der Waals surface area contributed by atoms with Crippen LogP contribution in [0.25, 0.3) is 0 Å². The lowest BCUT2D eigenvalue weighted by molar-refractivity contribution is -0.137. The first kappa shape index (κ1) is 16.1. The van der Waals surface area contributed by atoms with Crippen molar-refractivity contribution >= 4 is 12.0 Å². The van der Waals surface area contributed by atoms with Gasteiger partial charge in [-0.15, -0.1) is 0 Å². The van der Waals surface area contributed by atoms with Crippen LogP contribution in [-0.4, -0.2) is 30.2 Å². The second kappa shape index (κ2) is 7.66. The maximum absolute atomic E-state index is 11.7. The molecule has 5 nitrogen and oxygen atoms in total. The predicted molar refractivity (Wildman–Crippen MR) is 81.0 cm³/mol. The van der Waals surface area contributed by atoms with Crippen LogP contribution in [-0.2, 0) is 4.79 Å². The smallest absolute Gasteiger partial charge is 0.314 e. The summed E-state index contributed by atoms with van der Waals surface area (Å²) in [5.41, 5.74) is 0. The Hall–Kier alpha value is -1.26. The molecule has 0 aromatic rings. The molecule has 2 saturated carbocycles. The minimum absolute atomic E-state index is 0.0804. The van der Waals surface area contributed by atoms with Crippen molar-refractivity contribution in [1.29, 1.82) is 0 Å². The fraction of sp³-hybridized carbons (Fsp3) is 0.875. The normalized spacial score (nSPS) is 28.3. The zero-order valence-electron chi connectivity index (χ0n) is 12.9. The zero-order chi connectivity index (χ0) is 15.2. The minimum Gasteiger partial charge on any atom is -0.481 e. The first-order chi connectivity index (χ1) is 10.0. The van der Waals surface area contributed by atoms with E-state index in [1.54, 1.807) is 0 Å². The summed E-state index contributed by atoms with van der Waals surface area (Å²) in [7, 11) is 0. The first-order valence-corrected chi connectivity index (χ1v) is 8.28. The van der Waals surface area contributed by atoms with E-state index in [2.05, 4.69) is 10.6 Å². The van der Waals surface area contributed by atoms with Crippen molar-refractivity contribution in [2.45, 2.75) is 51.9 Å². The number of fused-ring (bicyclic) bond motifs is 2. The number of amides is 2. The Bertz CT molecular complexity index is 373. The van der Waals surface area contributed by atoms with E-state index in [1.807, 2.05) is 6.92 Å². The number of urea groups is 1. The van der Waals surface area contributed by atoms with Crippen molar-refractivity contribution in [2.24, 2.45) is 23.7 Å². The molecule has 2 amide bonds. The van der Waals surface area contributed by atoms with E-state index in [4.69, 9.17) is 5.11 Å². The highest BCUT2D eigenvalue weighted by molar-refractivity contribution is 5.73. The number of aliphatic carboxylic acids is 1. The van der Waals surface area contributed by atoms with Crippen LogP contribution in [0.1, 0.15) is 51.9 Å². The SMILES string of the molecule is CC(CCNC(=O)NCC1CC2CCC1C2)CCC(=O)O. The third-order valence-corrected chi connectivity index (χ3v) is 5.18. The summed E-state index contributed by atoms with van der Waals surface area (Å²) >= 11 is 0. The molecule has 0 saturated heterocycles. The second-order valence-corrected chi connectivity index (χ2v) is 6.90. The monoisotopic (exact) mass is 296 g/mol.